The molecule has 0 radical (unpaired) electrons. The van der Waals surface area contributed by atoms with Crippen molar-refractivity contribution >= 4 is 7.82 Å². The summed E-state index contributed by atoms with van der Waals surface area (Å²) < 4.78 is 22.3. The van der Waals surface area contributed by atoms with Gasteiger partial charge in [0.2, 0.25) is 0 Å². The molecule has 0 aliphatic carbocycles. The Labute approximate surface area is 245 Å². The highest BCUT2D eigenvalue weighted by atomic mass is 31.2. The molecule has 0 aromatic rings. The Morgan fingerprint density at radius 3 is 1.00 bits per heavy atom. The Bertz CT molecular complexity index is 504. The molecule has 1 atom stereocenters. The second kappa shape index (κ2) is 31.0. The number of hydrogen-bond acceptors (Lipinski definition) is 4. The van der Waals surface area contributed by atoms with Gasteiger partial charge in [-0.25, -0.2) is 4.57 Å². The van der Waals surface area contributed by atoms with E-state index in [2.05, 4.69) is 25.7 Å². The number of phosphoric acid groups is 1. The number of nitrogens with zero attached hydrogens (tertiary/aromatic N) is 1. The molecule has 6 heteroatoms. The second-order valence-electron chi connectivity index (χ2n) is 11.8. The van der Waals surface area contributed by atoms with Crippen molar-refractivity contribution in [3.63, 3.8) is 0 Å². The number of phosphoric ester groups is 1. The lowest BCUT2D eigenvalue weighted by atomic mass is 10.1. The van der Waals surface area contributed by atoms with Crippen molar-refractivity contribution in [2.45, 2.75) is 181 Å². The molecule has 0 amide bonds. The zero-order chi connectivity index (χ0) is 28.7. The zero-order valence-electron chi connectivity index (χ0n) is 26.8. The van der Waals surface area contributed by atoms with E-state index in [0.29, 0.717) is 13.2 Å². The van der Waals surface area contributed by atoms with Crippen LogP contribution in [-0.4, -0.2) is 42.6 Å². The summed E-state index contributed by atoms with van der Waals surface area (Å²) in [6.07, 6.45) is 31.6. The molecule has 236 valence electrons. The van der Waals surface area contributed by atoms with Gasteiger partial charge >= 0.3 is 7.82 Å². The first-order chi connectivity index (χ1) is 19.1. The summed E-state index contributed by atoms with van der Waals surface area (Å²) in [6, 6.07) is 0. The summed E-state index contributed by atoms with van der Waals surface area (Å²) in [5, 5.41) is 0. The molecule has 39 heavy (non-hydrogen) atoms. The molecular formula is C33H70NO4P. The molecule has 5 nitrogen and oxygen atoms in total. The summed E-state index contributed by atoms with van der Waals surface area (Å²) >= 11 is 0. The molecule has 0 heterocycles. The minimum absolute atomic E-state index is 0.315. The van der Waals surface area contributed by atoms with Crippen LogP contribution in [0.25, 0.3) is 0 Å². The van der Waals surface area contributed by atoms with Gasteiger partial charge in [-0.15, -0.1) is 0 Å². The van der Waals surface area contributed by atoms with Crippen LogP contribution >= 0.6 is 7.82 Å². The Balaban J connectivity index is 3.81. The molecule has 1 N–H and O–H groups in total. The van der Waals surface area contributed by atoms with E-state index in [4.69, 9.17) is 9.05 Å². The molecule has 0 bridgehead atoms. The smallest absolute Gasteiger partial charge is 0.303 e. The summed E-state index contributed by atoms with van der Waals surface area (Å²) in [5.74, 6) is 0. The molecular weight excluding hydrogens is 505 g/mol. The van der Waals surface area contributed by atoms with Crippen LogP contribution in [-0.2, 0) is 13.6 Å². The van der Waals surface area contributed by atoms with Gasteiger partial charge < -0.3 is 9.79 Å². The number of hydrogen-bond donors (Lipinski definition) is 1. The average molecular weight is 576 g/mol. The van der Waals surface area contributed by atoms with Crippen molar-refractivity contribution in [2.75, 3.05) is 32.8 Å². The minimum Gasteiger partial charge on any atom is -0.303 e. The molecule has 0 fully saturated rings. The van der Waals surface area contributed by atoms with Crippen LogP contribution in [0.5, 0.6) is 0 Å². The fourth-order valence-corrected chi connectivity index (χ4v) is 5.96. The molecule has 0 spiro atoms. The van der Waals surface area contributed by atoms with Crippen molar-refractivity contribution in [3.05, 3.63) is 0 Å². The van der Waals surface area contributed by atoms with Gasteiger partial charge in [0, 0.05) is 0 Å². The average Bonchev–Trinajstić information content (AvgIpc) is 2.92. The fourth-order valence-electron chi connectivity index (χ4n) is 5.17. The van der Waals surface area contributed by atoms with Gasteiger partial charge in [0.05, 0.1) is 13.2 Å². The van der Waals surface area contributed by atoms with Gasteiger partial charge in [0.1, 0.15) is 0 Å². The van der Waals surface area contributed by atoms with Crippen LogP contribution in [0.1, 0.15) is 181 Å². The molecule has 0 aliphatic rings. The maximum absolute atomic E-state index is 12.0. The van der Waals surface area contributed by atoms with Crippen molar-refractivity contribution in [1.29, 1.82) is 0 Å². The highest BCUT2D eigenvalue weighted by molar-refractivity contribution is 7.47. The van der Waals surface area contributed by atoms with E-state index >= 15 is 0 Å². The van der Waals surface area contributed by atoms with Gasteiger partial charge in [0.15, 0.2) is 0 Å². The van der Waals surface area contributed by atoms with Crippen molar-refractivity contribution in [3.8, 4) is 0 Å². The van der Waals surface area contributed by atoms with E-state index in [9.17, 15) is 9.46 Å². The lowest BCUT2D eigenvalue weighted by molar-refractivity contribution is 0.145. The predicted octanol–water partition coefficient (Wildman–Crippen LogP) is 11.2. The molecule has 0 saturated carbocycles. The zero-order valence-corrected chi connectivity index (χ0v) is 27.7. The van der Waals surface area contributed by atoms with Crippen LogP contribution in [0.4, 0.5) is 0 Å². The van der Waals surface area contributed by atoms with Crippen LogP contribution in [0.3, 0.4) is 0 Å². The Morgan fingerprint density at radius 1 is 0.436 bits per heavy atom. The SMILES string of the molecule is CCCCCCCCCOP(=O)(O)OCCCCCCCCN(CCCCCCCC)CCCCCCCC. The first-order valence-corrected chi connectivity index (χ1v) is 18.9. The largest absolute Gasteiger partial charge is 0.472 e. The topological polar surface area (TPSA) is 59.0 Å². The first kappa shape index (κ1) is 39.1. The van der Waals surface area contributed by atoms with E-state index in [-0.39, 0.29) is 0 Å². The Kier molecular flexibility index (Phi) is 31.1. The van der Waals surface area contributed by atoms with Gasteiger partial charge in [-0.3, -0.25) is 9.05 Å². The van der Waals surface area contributed by atoms with Crippen molar-refractivity contribution in [2.24, 2.45) is 0 Å². The monoisotopic (exact) mass is 576 g/mol. The summed E-state index contributed by atoms with van der Waals surface area (Å²) in [5.41, 5.74) is 0. The van der Waals surface area contributed by atoms with E-state index < -0.39 is 7.82 Å². The third-order valence-corrected chi connectivity index (χ3v) is 8.80. The Morgan fingerprint density at radius 2 is 0.692 bits per heavy atom. The maximum Gasteiger partial charge on any atom is 0.472 e. The third-order valence-electron chi connectivity index (χ3n) is 7.78. The van der Waals surface area contributed by atoms with Crippen LogP contribution in [0.2, 0.25) is 0 Å². The summed E-state index contributed by atoms with van der Waals surface area (Å²) in [4.78, 5) is 12.6. The van der Waals surface area contributed by atoms with Gasteiger partial charge in [0.25, 0.3) is 0 Å². The van der Waals surface area contributed by atoms with Crippen LogP contribution in [0.15, 0.2) is 0 Å². The fraction of sp³-hybridized carbons (Fsp3) is 1.00. The molecule has 0 aliphatic heterocycles. The third kappa shape index (κ3) is 30.8. The van der Waals surface area contributed by atoms with Crippen LogP contribution in [0, 0.1) is 0 Å². The lowest BCUT2D eigenvalue weighted by Gasteiger charge is -2.22. The van der Waals surface area contributed by atoms with E-state index in [1.54, 1.807) is 0 Å². The summed E-state index contributed by atoms with van der Waals surface area (Å²) in [7, 11) is -3.88. The predicted molar refractivity (Wildman–Crippen MR) is 171 cm³/mol. The van der Waals surface area contributed by atoms with E-state index in [1.165, 1.54) is 154 Å². The quantitative estimate of drug-likeness (QED) is 0.0623. The van der Waals surface area contributed by atoms with Gasteiger partial charge in [-0.1, -0.05) is 149 Å². The van der Waals surface area contributed by atoms with Gasteiger partial charge in [-0.05, 0) is 51.7 Å². The molecule has 1 unspecified atom stereocenters. The highest BCUT2D eigenvalue weighted by Crippen LogP contribution is 2.43. The number of rotatable bonds is 33. The number of unbranched alkanes of at least 4 members (excludes halogenated alkanes) is 21. The lowest BCUT2D eigenvalue weighted by Crippen LogP contribution is -2.27. The first-order valence-electron chi connectivity index (χ1n) is 17.4. The minimum atomic E-state index is -3.88. The summed E-state index contributed by atoms with van der Waals surface area (Å²) in [6.45, 7) is 11.2. The normalized spacial score (nSPS) is 13.4. The molecule has 0 aromatic carbocycles. The maximum atomic E-state index is 12.0. The standard InChI is InChI=1S/C33H70NO4P/c1-4-7-10-13-17-22-27-32-37-39(35,36)38-33-28-23-18-16-21-26-31-34(29-24-19-14-11-8-5-2)30-25-20-15-12-9-6-3/h4-33H2,1-3H3,(H,35,36). The molecule has 0 saturated heterocycles. The van der Waals surface area contributed by atoms with E-state index in [1.807, 2.05) is 0 Å². The Hall–Kier alpha value is 0.0700. The second-order valence-corrected chi connectivity index (χ2v) is 13.2. The van der Waals surface area contributed by atoms with Crippen LogP contribution < -0.4 is 0 Å². The molecule has 0 rings (SSSR count). The van der Waals surface area contributed by atoms with Crippen molar-refractivity contribution in [1.82, 2.24) is 4.90 Å². The van der Waals surface area contributed by atoms with Crippen molar-refractivity contribution < 1.29 is 18.5 Å². The van der Waals surface area contributed by atoms with E-state index in [0.717, 1.165) is 25.7 Å². The van der Waals surface area contributed by atoms with Gasteiger partial charge in [-0.2, -0.15) is 0 Å². The molecule has 0 aromatic heterocycles. The highest BCUT2D eigenvalue weighted by Gasteiger charge is 2.19.